The molecule has 0 aromatic heterocycles. The first-order chi connectivity index (χ1) is 13.1. The molecule has 1 saturated carbocycles. The molecule has 0 radical (unpaired) electrons. The van der Waals surface area contributed by atoms with Crippen LogP contribution in [0.1, 0.15) is 22.3 Å². The summed E-state index contributed by atoms with van der Waals surface area (Å²) in [5, 5.41) is 0.388. The number of amides is 2. The monoisotopic (exact) mass is 377 g/mol. The van der Waals surface area contributed by atoms with Gasteiger partial charge in [0.1, 0.15) is 0 Å². The molecule has 5 rings (SSSR count). The number of rotatable bonds is 3. The average molecular weight is 378 g/mol. The predicted molar refractivity (Wildman–Crippen MR) is 102 cm³/mol. The van der Waals surface area contributed by atoms with Crippen LogP contribution in [-0.2, 0) is 9.59 Å². The zero-order valence-electron chi connectivity index (χ0n) is 14.3. The van der Waals surface area contributed by atoms with Crippen LogP contribution in [0.4, 0.5) is 5.69 Å². The van der Waals surface area contributed by atoms with Crippen LogP contribution >= 0.6 is 11.6 Å². The van der Waals surface area contributed by atoms with Crippen molar-refractivity contribution in [1.29, 1.82) is 0 Å². The Morgan fingerprint density at radius 2 is 1.56 bits per heavy atom. The van der Waals surface area contributed by atoms with Gasteiger partial charge in [0.15, 0.2) is 5.78 Å². The normalized spacial score (nSPS) is 28.1. The Kier molecular flexibility index (Phi) is 3.59. The number of halogens is 1. The second-order valence-corrected chi connectivity index (χ2v) is 7.80. The van der Waals surface area contributed by atoms with Gasteiger partial charge in [0.05, 0.1) is 17.5 Å². The molecular weight excluding hydrogens is 362 g/mol. The number of carbonyl (C=O) groups is 3. The van der Waals surface area contributed by atoms with Gasteiger partial charge in [-0.2, -0.15) is 0 Å². The molecule has 1 aliphatic heterocycles. The van der Waals surface area contributed by atoms with E-state index in [1.807, 2.05) is 6.07 Å². The highest BCUT2D eigenvalue weighted by molar-refractivity contribution is 6.32. The number of carbonyl (C=O) groups excluding carboxylic acids is 3. The van der Waals surface area contributed by atoms with Crippen LogP contribution in [0.2, 0.25) is 5.02 Å². The Hall–Kier alpha value is -2.72. The Morgan fingerprint density at radius 3 is 2.19 bits per heavy atom. The molecule has 2 bridgehead atoms. The minimum absolute atomic E-state index is 0.127. The molecule has 0 spiro atoms. The van der Waals surface area contributed by atoms with E-state index >= 15 is 0 Å². The molecule has 0 unspecified atom stereocenters. The number of benzene rings is 2. The molecule has 2 amide bonds. The van der Waals surface area contributed by atoms with E-state index in [2.05, 4.69) is 12.2 Å². The van der Waals surface area contributed by atoms with Crippen LogP contribution in [0.15, 0.2) is 60.7 Å². The summed E-state index contributed by atoms with van der Waals surface area (Å²) in [5.74, 6) is -1.01. The summed E-state index contributed by atoms with van der Waals surface area (Å²) < 4.78 is 0. The van der Waals surface area contributed by atoms with Crippen LogP contribution < -0.4 is 4.90 Å². The third kappa shape index (κ3) is 2.33. The Bertz CT molecular complexity index is 983. The smallest absolute Gasteiger partial charge is 0.238 e. The molecule has 2 aromatic rings. The van der Waals surface area contributed by atoms with Crippen LogP contribution in [0.25, 0.3) is 0 Å². The first kappa shape index (κ1) is 16.5. The van der Waals surface area contributed by atoms with Gasteiger partial charge in [-0.25, -0.2) is 4.90 Å². The van der Waals surface area contributed by atoms with E-state index in [9.17, 15) is 14.4 Å². The van der Waals surface area contributed by atoms with E-state index in [1.165, 1.54) is 11.0 Å². The van der Waals surface area contributed by atoms with Crippen LogP contribution in [-0.4, -0.2) is 17.6 Å². The van der Waals surface area contributed by atoms with Crippen molar-refractivity contribution in [3.05, 3.63) is 76.8 Å². The number of anilines is 1. The first-order valence-electron chi connectivity index (χ1n) is 9.01. The lowest BCUT2D eigenvalue weighted by atomic mass is 9.85. The molecule has 2 fully saturated rings. The quantitative estimate of drug-likeness (QED) is 0.463. The van der Waals surface area contributed by atoms with E-state index < -0.39 is 0 Å². The average Bonchev–Trinajstić information content (AvgIpc) is 3.36. The molecule has 27 heavy (non-hydrogen) atoms. The molecule has 0 N–H and O–H groups in total. The Balaban J connectivity index is 1.60. The Labute approximate surface area is 161 Å². The summed E-state index contributed by atoms with van der Waals surface area (Å²) in [6.45, 7) is 0. The maximum Gasteiger partial charge on any atom is 0.238 e. The van der Waals surface area contributed by atoms with Crippen molar-refractivity contribution in [3.8, 4) is 0 Å². The van der Waals surface area contributed by atoms with Gasteiger partial charge in [0, 0.05) is 16.1 Å². The molecule has 2 aliphatic carbocycles. The van der Waals surface area contributed by atoms with Gasteiger partial charge in [-0.1, -0.05) is 54.1 Å². The molecule has 1 saturated heterocycles. The molecule has 4 atom stereocenters. The van der Waals surface area contributed by atoms with E-state index in [-0.39, 0.29) is 46.8 Å². The standard InChI is InChI=1S/C22H16ClNO3/c23-15-8-9-17(16(11-15)20(25)12-4-2-1-3-5-12)24-21(26)18-13-6-7-14(10-13)19(18)22(24)27/h1-9,11,13-14,18-19H,10H2/t13-,14+,18-,19+. The molecule has 1 heterocycles. The number of nitrogens with zero attached hydrogens (tertiary/aromatic N) is 1. The number of hydrogen-bond acceptors (Lipinski definition) is 3. The summed E-state index contributed by atoms with van der Waals surface area (Å²) >= 11 is 6.13. The zero-order chi connectivity index (χ0) is 18.7. The number of hydrogen-bond donors (Lipinski definition) is 0. The number of imide groups is 1. The summed E-state index contributed by atoms with van der Waals surface area (Å²) in [5.41, 5.74) is 1.09. The fourth-order valence-electron chi connectivity index (χ4n) is 4.77. The van der Waals surface area contributed by atoms with E-state index in [0.717, 1.165) is 6.42 Å². The fourth-order valence-corrected chi connectivity index (χ4v) is 4.94. The predicted octanol–water partition coefficient (Wildman–Crippen LogP) is 3.88. The largest absolute Gasteiger partial charge is 0.289 e. The zero-order valence-corrected chi connectivity index (χ0v) is 15.1. The highest BCUT2D eigenvalue weighted by atomic mass is 35.5. The van der Waals surface area contributed by atoms with Gasteiger partial charge in [-0.15, -0.1) is 0 Å². The van der Waals surface area contributed by atoms with Gasteiger partial charge in [-0.3, -0.25) is 14.4 Å². The van der Waals surface area contributed by atoms with Crippen molar-refractivity contribution >= 4 is 34.9 Å². The molecule has 5 heteroatoms. The molecule has 4 nitrogen and oxygen atoms in total. The van der Waals surface area contributed by atoms with Gasteiger partial charge in [0.2, 0.25) is 11.8 Å². The fraction of sp³-hybridized carbons (Fsp3) is 0.227. The van der Waals surface area contributed by atoms with Crippen LogP contribution in [0, 0.1) is 23.7 Å². The van der Waals surface area contributed by atoms with Crippen molar-refractivity contribution in [3.63, 3.8) is 0 Å². The van der Waals surface area contributed by atoms with Crippen molar-refractivity contribution in [1.82, 2.24) is 0 Å². The lowest BCUT2D eigenvalue weighted by Crippen LogP contribution is -2.34. The first-order valence-corrected chi connectivity index (χ1v) is 9.39. The highest BCUT2D eigenvalue weighted by Crippen LogP contribution is 2.53. The maximum atomic E-state index is 13.1. The van der Waals surface area contributed by atoms with E-state index in [4.69, 9.17) is 11.6 Å². The minimum Gasteiger partial charge on any atom is -0.289 e. The Morgan fingerprint density at radius 1 is 0.926 bits per heavy atom. The van der Waals surface area contributed by atoms with Crippen molar-refractivity contribution in [2.75, 3.05) is 4.90 Å². The van der Waals surface area contributed by atoms with E-state index in [1.54, 1.807) is 36.4 Å². The van der Waals surface area contributed by atoms with Crippen molar-refractivity contribution in [2.45, 2.75) is 6.42 Å². The third-order valence-electron chi connectivity index (χ3n) is 5.95. The van der Waals surface area contributed by atoms with Gasteiger partial charge < -0.3 is 0 Å². The SMILES string of the molecule is O=C(c1ccccc1)c1cc(Cl)ccc1N1C(=O)[C@@H]2[C@H](C1=O)[C@@H]1C=C[C@H]2C1. The van der Waals surface area contributed by atoms with Gasteiger partial charge in [-0.05, 0) is 36.5 Å². The summed E-state index contributed by atoms with van der Waals surface area (Å²) in [4.78, 5) is 40.5. The molecular formula is C22H16ClNO3. The maximum absolute atomic E-state index is 13.1. The number of ketones is 1. The van der Waals surface area contributed by atoms with Gasteiger partial charge >= 0.3 is 0 Å². The summed E-state index contributed by atoms with van der Waals surface area (Å²) in [6, 6.07) is 13.5. The van der Waals surface area contributed by atoms with Gasteiger partial charge in [0.25, 0.3) is 0 Å². The van der Waals surface area contributed by atoms with Crippen LogP contribution in [0.3, 0.4) is 0 Å². The third-order valence-corrected chi connectivity index (χ3v) is 6.19. The molecule has 3 aliphatic rings. The second kappa shape index (κ2) is 5.89. The highest BCUT2D eigenvalue weighted by Gasteiger charge is 2.59. The second-order valence-electron chi connectivity index (χ2n) is 7.37. The van der Waals surface area contributed by atoms with Crippen LogP contribution in [0.5, 0.6) is 0 Å². The lowest BCUT2D eigenvalue weighted by Gasteiger charge is -2.20. The summed E-state index contributed by atoms with van der Waals surface area (Å²) in [6.07, 6.45) is 4.98. The number of allylic oxidation sites excluding steroid dienone is 2. The number of fused-ring (bicyclic) bond motifs is 5. The topological polar surface area (TPSA) is 54.5 Å². The summed E-state index contributed by atoms with van der Waals surface area (Å²) in [7, 11) is 0. The van der Waals surface area contributed by atoms with Crippen molar-refractivity contribution < 1.29 is 14.4 Å². The lowest BCUT2D eigenvalue weighted by molar-refractivity contribution is -0.123. The molecule has 2 aromatic carbocycles. The molecule has 134 valence electrons. The van der Waals surface area contributed by atoms with Crippen molar-refractivity contribution in [2.24, 2.45) is 23.7 Å². The minimum atomic E-state index is -0.303. The van der Waals surface area contributed by atoms with E-state index in [0.29, 0.717) is 16.3 Å².